The molecule has 1 heterocycles. The van der Waals surface area contributed by atoms with Gasteiger partial charge in [-0.15, -0.1) is 0 Å². The Hall–Kier alpha value is -2.07. The molecule has 0 bridgehead atoms. The summed E-state index contributed by atoms with van der Waals surface area (Å²) < 4.78 is 0. The zero-order valence-corrected chi connectivity index (χ0v) is 11.3. The van der Waals surface area contributed by atoms with E-state index in [0.717, 1.165) is 17.3 Å². The first-order valence-electron chi connectivity index (χ1n) is 5.71. The largest absolute Gasteiger partial charge is 0.411 e. The summed E-state index contributed by atoms with van der Waals surface area (Å²) in [6.45, 7) is 3.76. The fraction of sp³-hybridized carbons (Fsp3) is 0.143. The van der Waals surface area contributed by atoms with Gasteiger partial charge in [-0.05, 0) is 19.4 Å². The number of pyridine rings is 1. The van der Waals surface area contributed by atoms with Gasteiger partial charge in [0, 0.05) is 11.3 Å². The van der Waals surface area contributed by atoms with Crippen LogP contribution in [0.15, 0.2) is 34.2 Å². The zero-order chi connectivity index (χ0) is 14.0. The molecule has 2 rings (SSSR count). The lowest BCUT2D eigenvalue weighted by Gasteiger charge is -2.08. The van der Waals surface area contributed by atoms with Crippen LogP contribution in [0, 0.1) is 13.8 Å². The Labute approximate surface area is 115 Å². The molecule has 0 atom stereocenters. The van der Waals surface area contributed by atoms with Crippen molar-refractivity contribution in [3.05, 3.63) is 56.5 Å². The molecule has 1 aromatic carbocycles. The van der Waals surface area contributed by atoms with Gasteiger partial charge >= 0.3 is 0 Å². The highest BCUT2D eigenvalue weighted by atomic mass is 35.5. The van der Waals surface area contributed by atoms with Gasteiger partial charge in [0.25, 0.3) is 0 Å². The first-order chi connectivity index (χ1) is 9.04. The fourth-order valence-electron chi connectivity index (χ4n) is 1.94. The first kappa shape index (κ1) is 13.4. The molecular formula is C14H13ClN2O2. The minimum absolute atomic E-state index is 0.0129. The molecule has 0 saturated heterocycles. The van der Waals surface area contributed by atoms with Gasteiger partial charge in [-0.3, -0.25) is 4.79 Å². The molecule has 0 unspecified atom stereocenters. The average Bonchev–Trinajstić information content (AvgIpc) is 2.38. The predicted molar refractivity (Wildman–Crippen MR) is 76.4 cm³/mol. The number of nitrogens with one attached hydrogen (secondary N) is 1. The molecule has 2 N–H and O–H groups in total. The lowest BCUT2D eigenvalue weighted by Crippen LogP contribution is -2.13. The Morgan fingerprint density at radius 1 is 1.26 bits per heavy atom. The molecule has 19 heavy (non-hydrogen) atoms. The lowest BCUT2D eigenvalue weighted by atomic mass is 10.0. The van der Waals surface area contributed by atoms with Crippen LogP contribution in [-0.2, 0) is 0 Å². The monoisotopic (exact) mass is 276 g/mol. The van der Waals surface area contributed by atoms with E-state index < -0.39 is 0 Å². The molecular weight excluding hydrogens is 264 g/mol. The van der Waals surface area contributed by atoms with Crippen LogP contribution in [0.25, 0.3) is 11.1 Å². The minimum atomic E-state index is -0.281. The number of hydrogen-bond acceptors (Lipinski definition) is 3. The maximum absolute atomic E-state index is 12.3. The maximum Gasteiger partial charge on any atom is 0.208 e. The summed E-state index contributed by atoms with van der Waals surface area (Å²) in [7, 11) is 0. The second-order valence-corrected chi connectivity index (χ2v) is 4.67. The number of aryl methyl sites for hydroxylation is 2. The molecule has 0 radical (unpaired) electrons. The summed E-state index contributed by atoms with van der Waals surface area (Å²) in [5.74, 6) is 0. The number of aromatic nitrogens is 1. The quantitative estimate of drug-likeness (QED) is 0.503. The Morgan fingerprint density at radius 2 is 1.89 bits per heavy atom. The second-order valence-electron chi connectivity index (χ2n) is 4.29. The summed E-state index contributed by atoms with van der Waals surface area (Å²) in [5.41, 5.74) is 3.14. The van der Waals surface area contributed by atoms with E-state index in [1.54, 1.807) is 6.92 Å². The van der Waals surface area contributed by atoms with Crippen molar-refractivity contribution < 1.29 is 5.21 Å². The highest BCUT2D eigenvalue weighted by Gasteiger charge is 2.13. The van der Waals surface area contributed by atoms with Gasteiger partial charge in [0.2, 0.25) is 5.43 Å². The predicted octanol–water partition coefficient (Wildman–Crippen LogP) is 3.12. The third-order valence-electron chi connectivity index (χ3n) is 2.89. The molecule has 1 aromatic heterocycles. The van der Waals surface area contributed by atoms with E-state index in [-0.39, 0.29) is 10.5 Å². The average molecular weight is 277 g/mol. The van der Waals surface area contributed by atoms with E-state index in [4.69, 9.17) is 16.8 Å². The highest BCUT2D eigenvalue weighted by molar-refractivity contribution is 6.33. The van der Waals surface area contributed by atoms with Crippen molar-refractivity contribution in [2.45, 2.75) is 13.8 Å². The highest BCUT2D eigenvalue weighted by Crippen LogP contribution is 2.22. The van der Waals surface area contributed by atoms with Crippen molar-refractivity contribution >= 4 is 17.8 Å². The van der Waals surface area contributed by atoms with Gasteiger partial charge in [0.1, 0.15) is 5.02 Å². The van der Waals surface area contributed by atoms with Gasteiger partial charge in [-0.2, -0.15) is 0 Å². The van der Waals surface area contributed by atoms with E-state index in [2.05, 4.69) is 10.1 Å². The number of rotatable bonds is 2. The van der Waals surface area contributed by atoms with E-state index in [0.29, 0.717) is 17.0 Å². The normalized spacial score (nSPS) is 11.1. The van der Waals surface area contributed by atoms with Crippen LogP contribution in [-0.4, -0.2) is 16.4 Å². The molecule has 0 amide bonds. The first-order valence-corrected chi connectivity index (χ1v) is 6.09. The Bertz CT molecular complexity index is 688. The van der Waals surface area contributed by atoms with Crippen LogP contribution < -0.4 is 5.43 Å². The number of oxime groups is 1. The van der Waals surface area contributed by atoms with E-state index >= 15 is 0 Å². The van der Waals surface area contributed by atoms with Crippen molar-refractivity contribution in [1.29, 1.82) is 0 Å². The SMILES string of the molecule is Cc1ccc(-c2c(C)[nH]c(/C=N/O)c(Cl)c2=O)cc1. The molecule has 0 aliphatic heterocycles. The molecule has 98 valence electrons. The topological polar surface area (TPSA) is 65.4 Å². The molecule has 0 aliphatic rings. The van der Waals surface area contributed by atoms with E-state index in [9.17, 15) is 4.79 Å². The van der Waals surface area contributed by atoms with Crippen molar-refractivity contribution in [1.82, 2.24) is 4.98 Å². The number of benzene rings is 1. The molecule has 2 aromatic rings. The van der Waals surface area contributed by atoms with Crippen LogP contribution in [0.1, 0.15) is 17.0 Å². The Kier molecular flexibility index (Phi) is 3.71. The van der Waals surface area contributed by atoms with Gasteiger partial charge in [0.05, 0.1) is 11.9 Å². The third-order valence-corrected chi connectivity index (χ3v) is 3.26. The van der Waals surface area contributed by atoms with Gasteiger partial charge < -0.3 is 10.2 Å². The standard InChI is InChI=1S/C14H13ClN2O2/c1-8-3-5-10(6-4-8)12-9(2)17-11(7-16-19)13(15)14(12)18/h3-7,19H,1-2H3,(H,17,18)/b16-7+. The van der Waals surface area contributed by atoms with E-state index in [1.807, 2.05) is 31.2 Å². The molecule has 0 aliphatic carbocycles. The molecule has 0 fully saturated rings. The Morgan fingerprint density at radius 3 is 2.47 bits per heavy atom. The molecule has 0 saturated carbocycles. The number of nitrogens with zero attached hydrogens (tertiary/aromatic N) is 1. The summed E-state index contributed by atoms with van der Waals surface area (Å²) in [6.07, 6.45) is 1.11. The molecule has 5 heteroatoms. The van der Waals surface area contributed by atoms with Crippen LogP contribution in [0.2, 0.25) is 5.02 Å². The number of H-pyrrole nitrogens is 1. The van der Waals surface area contributed by atoms with Crippen LogP contribution in [0.5, 0.6) is 0 Å². The number of aromatic amines is 1. The van der Waals surface area contributed by atoms with Gasteiger partial charge in [-0.25, -0.2) is 0 Å². The molecule has 4 nitrogen and oxygen atoms in total. The zero-order valence-electron chi connectivity index (χ0n) is 10.6. The second kappa shape index (κ2) is 5.28. The van der Waals surface area contributed by atoms with E-state index in [1.165, 1.54) is 0 Å². The maximum atomic E-state index is 12.3. The van der Waals surface area contributed by atoms with Crippen LogP contribution in [0.3, 0.4) is 0 Å². The summed E-state index contributed by atoms with van der Waals surface area (Å²) in [6, 6.07) is 7.63. The van der Waals surface area contributed by atoms with Crippen LogP contribution in [0.4, 0.5) is 0 Å². The summed E-state index contributed by atoms with van der Waals surface area (Å²) >= 11 is 5.98. The van der Waals surface area contributed by atoms with Crippen LogP contribution >= 0.6 is 11.6 Å². The summed E-state index contributed by atoms with van der Waals surface area (Å²) in [4.78, 5) is 15.2. The van der Waals surface area contributed by atoms with Gasteiger partial charge in [0.15, 0.2) is 0 Å². The number of hydrogen-bond donors (Lipinski definition) is 2. The minimum Gasteiger partial charge on any atom is -0.411 e. The summed E-state index contributed by atoms with van der Waals surface area (Å²) in [5, 5.41) is 11.4. The fourth-order valence-corrected chi connectivity index (χ4v) is 2.13. The van der Waals surface area contributed by atoms with Crippen molar-refractivity contribution in [2.24, 2.45) is 5.16 Å². The Balaban J connectivity index is 2.69. The third kappa shape index (κ3) is 2.53. The van der Waals surface area contributed by atoms with Crippen molar-refractivity contribution in [2.75, 3.05) is 0 Å². The lowest BCUT2D eigenvalue weighted by molar-refractivity contribution is 0.321. The number of halogens is 1. The van der Waals surface area contributed by atoms with Gasteiger partial charge in [-0.1, -0.05) is 46.6 Å². The molecule has 0 spiro atoms. The van der Waals surface area contributed by atoms with Crippen molar-refractivity contribution in [3.63, 3.8) is 0 Å². The van der Waals surface area contributed by atoms with Crippen molar-refractivity contribution in [3.8, 4) is 11.1 Å². The smallest absolute Gasteiger partial charge is 0.208 e.